The summed E-state index contributed by atoms with van der Waals surface area (Å²) in [6.07, 6.45) is 0.144. The van der Waals surface area contributed by atoms with E-state index in [1.807, 2.05) is 0 Å². The average Bonchev–Trinajstić information content (AvgIpc) is 2.67. The number of ether oxygens (including phenoxy) is 1. The Kier molecular flexibility index (Phi) is 7.24. The Hall–Kier alpha value is -3.24. The van der Waals surface area contributed by atoms with E-state index < -0.39 is 22.9 Å². The van der Waals surface area contributed by atoms with Gasteiger partial charge in [0, 0.05) is 30.6 Å². The Morgan fingerprint density at radius 3 is 2.71 bits per heavy atom. The summed E-state index contributed by atoms with van der Waals surface area (Å²) in [5, 5.41) is 25.5. The molecule has 0 fully saturated rings. The molecule has 0 spiro atoms. The van der Waals surface area contributed by atoms with E-state index in [0.29, 0.717) is 5.02 Å². The highest BCUT2D eigenvalue weighted by molar-refractivity contribution is 6.30. The zero-order chi connectivity index (χ0) is 20.7. The first-order valence-electron chi connectivity index (χ1n) is 8.08. The number of hydrogen-bond donors (Lipinski definition) is 3. The molecule has 1 atom stereocenters. The number of aliphatic hydroxyl groups excluding tert-OH is 1. The molecule has 0 unspecified atom stereocenters. The number of nitro benzene ring substituents is 1. The van der Waals surface area contributed by atoms with Crippen LogP contribution in [0.5, 0.6) is 0 Å². The molecule has 11 heteroatoms. The Morgan fingerprint density at radius 1 is 1.36 bits per heavy atom. The molecular weight excluding hydrogens is 392 g/mol. The molecule has 0 aliphatic heterocycles. The van der Waals surface area contributed by atoms with Crippen LogP contribution in [0.2, 0.25) is 5.02 Å². The number of nitro groups is 1. The summed E-state index contributed by atoms with van der Waals surface area (Å²) in [4.78, 5) is 38.9. The number of non-ortho nitro benzene ring substituents is 1. The van der Waals surface area contributed by atoms with E-state index in [0.717, 1.165) is 6.07 Å². The van der Waals surface area contributed by atoms with Gasteiger partial charge in [0.2, 0.25) is 0 Å². The number of halogens is 1. The predicted molar refractivity (Wildman–Crippen MR) is 101 cm³/mol. The third kappa shape index (κ3) is 5.63. The number of amides is 1. The van der Waals surface area contributed by atoms with Crippen LogP contribution in [0.25, 0.3) is 0 Å². The summed E-state index contributed by atoms with van der Waals surface area (Å²) >= 11 is 5.72. The summed E-state index contributed by atoms with van der Waals surface area (Å²) in [5.74, 6) is -1.35. The number of hydrogen-bond acceptors (Lipinski definition) is 8. The normalized spacial score (nSPS) is 11.4. The number of benzene rings is 1. The van der Waals surface area contributed by atoms with Gasteiger partial charge in [-0.1, -0.05) is 11.6 Å². The number of anilines is 2. The number of aromatic nitrogens is 1. The van der Waals surface area contributed by atoms with Gasteiger partial charge < -0.3 is 20.5 Å². The smallest absolute Gasteiger partial charge is 0.341 e. The molecule has 0 bridgehead atoms. The minimum Gasteiger partial charge on any atom is -0.449 e. The van der Waals surface area contributed by atoms with Crippen LogP contribution in [0.15, 0.2) is 36.5 Å². The molecule has 3 N–H and O–H groups in total. The van der Waals surface area contributed by atoms with Crippen LogP contribution in [0.1, 0.15) is 17.3 Å². The molecule has 148 valence electrons. The third-order valence-corrected chi connectivity index (χ3v) is 3.72. The second kappa shape index (κ2) is 9.62. The van der Waals surface area contributed by atoms with E-state index in [1.54, 1.807) is 0 Å². The van der Waals surface area contributed by atoms with Crippen molar-refractivity contribution in [2.75, 3.05) is 23.8 Å². The van der Waals surface area contributed by atoms with Gasteiger partial charge in [0.1, 0.15) is 5.82 Å². The number of aliphatic hydroxyl groups is 1. The molecular formula is C17H17ClN4O6. The number of carbonyl (C=O) groups is 2. The lowest BCUT2D eigenvalue weighted by Gasteiger charge is -2.15. The van der Waals surface area contributed by atoms with Crippen molar-refractivity contribution in [1.82, 2.24) is 4.98 Å². The molecule has 1 aromatic heterocycles. The molecule has 10 nitrogen and oxygen atoms in total. The molecule has 0 aliphatic rings. The minimum absolute atomic E-state index is 0.121. The Morgan fingerprint density at radius 2 is 2.11 bits per heavy atom. The van der Waals surface area contributed by atoms with Crippen LogP contribution >= 0.6 is 11.6 Å². The second-order valence-electron chi connectivity index (χ2n) is 5.54. The number of nitrogens with one attached hydrogen (secondary N) is 2. The lowest BCUT2D eigenvalue weighted by molar-refractivity contribution is -0.384. The van der Waals surface area contributed by atoms with Crippen molar-refractivity contribution in [2.24, 2.45) is 0 Å². The minimum atomic E-state index is -1.20. The fourth-order valence-corrected chi connectivity index (χ4v) is 2.23. The third-order valence-electron chi connectivity index (χ3n) is 3.49. The van der Waals surface area contributed by atoms with Crippen molar-refractivity contribution in [3.8, 4) is 0 Å². The van der Waals surface area contributed by atoms with Crippen molar-refractivity contribution >= 4 is 40.7 Å². The van der Waals surface area contributed by atoms with Crippen LogP contribution in [0.4, 0.5) is 17.2 Å². The summed E-state index contributed by atoms with van der Waals surface area (Å²) < 4.78 is 5.12. The van der Waals surface area contributed by atoms with Crippen LogP contribution < -0.4 is 10.6 Å². The van der Waals surface area contributed by atoms with E-state index in [9.17, 15) is 19.7 Å². The van der Waals surface area contributed by atoms with Gasteiger partial charge in [0.05, 0.1) is 22.1 Å². The maximum Gasteiger partial charge on any atom is 0.341 e. The zero-order valence-electron chi connectivity index (χ0n) is 14.7. The molecule has 2 aromatic rings. The van der Waals surface area contributed by atoms with Gasteiger partial charge in [-0.2, -0.15) is 0 Å². The van der Waals surface area contributed by atoms with Crippen LogP contribution in [0.3, 0.4) is 0 Å². The molecule has 0 saturated carbocycles. The molecule has 0 radical (unpaired) electrons. The average molecular weight is 409 g/mol. The number of nitrogens with zero attached hydrogens (tertiary/aromatic N) is 2. The monoisotopic (exact) mass is 408 g/mol. The molecule has 1 aromatic carbocycles. The molecule has 0 saturated heterocycles. The fraction of sp³-hybridized carbons (Fsp3) is 0.235. The Labute approximate surface area is 164 Å². The van der Waals surface area contributed by atoms with Crippen LogP contribution in [0, 0.1) is 10.1 Å². The van der Waals surface area contributed by atoms with E-state index in [4.69, 9.17) is 21.4 Å². The summed E-state index contributed by atoms with van der Waals surface area (Å²) in [6, 6.07) is 6.58. The van der Waals surface area contributed by atoms with Crippen molar-refractivity contribution < 1.29 is 24.4 Å². The van der Waals surface area contributed by atoms with Crippen LogP contribution in [-0.2, 0) is 9.53 Å². The second-order valence-corrected chi connectivity index (χ2v) is 5.97. The van der Waals surface area contributed by atoms with Crippen molar-refractivity contribution in [1.29, 1.82) is 0 Å². The first kappa shape index (κ1) is 21.1. The molecule has 0 aliphatic carbocycles. The van der Waals surface area contributed by atoms with Gasteiger partial charge >= 0.3 is 5.97 Å². The molecule has 28 heavy (non-hydrogen) atoms. The lowest BCUT2D eigenvalue weighted by atomic mass is 10.1. The van der Waals surface area contributed by atoms with Gasteiger partial charge in [0.15, 0.2) is 6.10 Å². The maximum absolute atomic E-state index is 12.5. The predicted octanol–water partition coefficient (Wildman–Crippen LogP) is 2.23. The summed E-state index contributed by atoms with van der Waals surface area (Å²) in [6.45, 7) is 1.26. The SMILES string of the molecule is C[C@H](OC(=O)c1cc([N+](=O)[O-])ccc1NCCO)C(=O)Nc1ccc(Cl)cn1. The standard InChI is InChI=1S/C17H17ClN4O6/c1-10(16(24)21-15-5-2-11(18)9-20-15)28-17(25)13-8-12(22(26)27)3-4-14(13)19-6-7-23/h2-5,8-10,19,23H,6-7H2,1H3,(H,20,21,24)/t10-/m0/s1. The summed E-state index contributed by atoms with van der Waals surface area (Å²) in [5.41, 5.74) is -0.215. The van der Waals surface area contributed by atoms with Gasteiger partial charge in [-0.05, 0) is 25.1 Å². The van der Waals surface area contributed by atoms with E-state index in [-0.39, 0.29) is 35.9 Å². The van der Waals surface area contributed by atoms with E-state index >= 15 is 0 Å². The summed E-state index contributed by atoms with van der Waals surface area (Å²) in [7, 11) is 0. The Balaban J connectivity index is 2.13. The molecule has 2 rings (SSSR count). The Bertz CT molecular complexity index is 874. The number of pyridine rings is 1. The number of esters is 1. The maximum atomic E-state index is 12.5. The zero-order valence-corrected chi connectivity index (χ0v) is 15.5. The first-order valence-corrected chi connectivity index (χ1v) is 8.46. The highest BCUT2D eigenvalue weighted by Crippen LogP contribution is 2.23. The largest absolute Gasteiger partial charge is 0.449 e. The van der Waals surface area contributed by atoms with Gasteiger partial charge in [-0.25, -0.2) is 9.78 Å². The van der Waals surface area contributed by atoms with Gasteiger partial charge in [-0.15, -0.1) is 0 Å². The highest BCUT2D eigenvalue weighted by Gasteiger charge is 2.23. The quantitative estimate of drug-likeness (QED) is 0.342. The van der Waals surface area contributed by atoms with E-state index in [2.05, 4.69) is 15.6 Å². The van der Waals surface area contributed by atoms with Crippen LogP contribution in [-0.4, -0.2) is 46.1 Å². The fourth-order valence-electron chi connectivity index (χ4n) is 2.11. The van der Waals surface area contributed by atoms with E-state index in [1.165, 1.54) is 37.4 Å². The molecule has 1 amide bonds. The first-order chi connectivity index (χ1) is 13.3. The topological polar surface area (TPSA) is 144 Å². The van der Waals surface area contributed by atoms with Crippen molar-refractivity contribution in [3.63, 3.8) is 0 Å². The van der Waals surface area contributed by atoms with Crippen molar-refractivity contribution in [2.45, 2.75) is 13.0 Å². The number of carbonyl (C=O) groups excluding carboxylic acids is 2. The number of rotatable bonds is 8. The van der Waals surface area contributed by atoms with Crippen molar-refractivity contribution in [3.05, 3.63) is 57.2 Å². The molecule has 1 heterocycles. The van der Waals surface area contributed by atoms with Gasteiger partial charge in [-0.3, -0.25) is 14.9 Å². The lowest BCUT2D eigenvalue weighted by Crippen LogP contribution is -2.30. The van der Waals surface area contributed by atoms with Gasteiger partial charge in [0.25, 0.3) is 11.6 Å². The highest BCUT2D eigenvalue weighted by atomic mass is 35.5.